The zero-order valence-electron chi connectivity index (χ0n) is 6.66. The van der Waals surface area contributed by atoms with Crippen LogP contribution in [0.2, 0.25) is 0 Å². The summed E-state index contributed by atoms with van der Waals surface area (Å²) in [5.41, 5.74) is 10.4. The first kappa shape index (κ1) is 9.78. The molecule has 0 heterocycles. The molecule has 0 bridgehead atoms. The van der Waals surface area contributed by atoms with Crippen LogP contribution in [-0.4, -0.2) is 13.7 Å². The van der Waals surface area contributed by atoms with E-state index in [0.29, 0.717) is 12.3 Å². The van der Waals surface area contributed by atoms with Crippen molar-refractivity contribution in [3.63, 3.8) is 0 Å². The molecule has 3 nitrogen and oxygen atoms in total. The number of rotatable bonds is 4. The fourth-order valence-electron chi connectivity index (χ4n) is 0.528. The highest BCUT2D eigenvalue weighted by Gasteiger charge is 1.82. The SMILES string of the molecule is COC(/C=C\N)=C/C=C/CN. The van der Waals surface area contributed by atoms with Gasteiger partial charge in [-0.25, -0.2) is 0 Å². The van der Waals surface area contributed by atoms with Crippen molar-refractivity contribution >= 4 is 0 Å². The van der Waals surface area contributed by atoms with E-state index in [2.05, 4.69) is 0 Å². The van der Waals surface area contributed by atoms with Crippen LogP contribution in [0.3, 0.4) is 0 Å². The van der Waals surface area contributed by atoms with E-state index in [4.69, 9.17) is 16.2 Å². The van der Waals surface area contributed by atoms with Gasteiger partial charge in [-0.3, -0.25) is 0 Å². The van der Waals surface area contributed by atoms with E-state index >= 15 is 0 Å². The summed E-state index contributed by atoms with van der Waals surface area (Å²) in [7, 11) is 1.59. The van der Waals surface area contributed by atoms with E-state index in [9.17, 15) is 0 Å². The molecule has 0 rings (SSSR count). The van der Waals surface area contributed by atoms with Crippen LogP contribution in [0.5, 0.6) is 0 Å². The van der Waals surface area contributed by atoms with E-state index in [1.54, 1.807) is 19.3 Å². The van der Waals surface area contributed by atoms with Gasteiger partial charge in [0.2, 0.25) is 0 Å². The maximum atomic E-state index is 5.23. The standard InChI is InChI=1S/C8H14N2O/c1-11-8(5-7-10)4-2-3-6-9/h2-5,7H,6,9-10H2,1H3/b3-2+,7-5-,8-4+. The number of hydrogen-bond acceptors (Lipinski definition) is 3. The third kappa shape index (κ3) is 5.24. The Bertz CT molecular complexity index is 171. The highest BCUT2D eigenvalue weighted by atomic mass is 16.5. The highest BCUT2D eigenvalue weighted by molar-refractivity contribution is 5.17. The van der Waals surface area contributed by atoms with Gasteiger partial charge in [0.15, 0.2) is 0 Å². The largest absolute Gasteiger partial charge is 0.497 e. The Morgan fingerprint density at radius 3 is 2.73 bits per heavy atom. The minimum Gasteiger partial charge on any atom is -0.497 e. The first-order valence-electron chi connectivity index (χ1n) is 3.34. The van der Waals surface area contributed by atoms with Crippen LogP contribution >= 0.6 is 0 Å². The Labute approximate surface area is 67.0 Å². The molecular formula is C8H14N2O. The topological polar surface area (TPSA) is 61.3 Å². The third-order valence-electron chi connectivity index (χ3n) is 1.03. The molecule has 0 aromatic heterocycles. The van der Waals surface area contributed by atoms with Gasteiger partial charge in [0, 0.05) is 6.54 Å². The molecule has 0 amide bonds. The van der Waals surface area contributed by atoms with Gasteiger partial charge < -0.3 is 16.2 Å². The zero-order valence-corrected chi connectivity index (χ0v) is 6.66. The van der Waals surface area contributed by atoms with Crippen LogP contribution in [-0.2, 0) is 4.74 Å². The number of hydrogen-bond donors (Lipinski definition) is 2. The summed E-state index contributed by atoms with van der Waals surface area (Å²) in [6.45, 7) is 0.528. The molecule has 0 aliphatic rings. The number of allylic oxidation sites excluding steroid dienone is 3. The van der Waals surface area contributed by atoms with Crippen molar-refractivity contribution in [2.24, 2.45) is 11.5 Å². The Hall–Kier alpha value is -1.22. The molecule has 0 atom stereocenters. The van der Waals surface area contributed by atoms with E-state index in [-0.39, 0.29) is 0 Å². The van der Waals surface area contributed by atoms with Gasteiger partial charge in [-0.15, -0.1) is 0 Å². The molecule has 11 heavy (non-hydrogen) atoms. The molecule has 0 saturated heterocycles. The van der Waals surface area contributed by atoms with Crippen LogP contribution in [0.15, 0.2) is 36.3 Å². The van der Waals surface area contributed by atoms with Crippen LogP contribution in [0.1, 0.15) is 0 Å². The van der Waals surface area contributed by atoms with E-state index < -0.39 is 0 Å². The second kappa shape index (κ2) is 6.89. The van der Waals surface area contributed by atoms with Crippen molar-refractivity contribution in [3.8, 4) is 0 Å². The Kier molecular flexibility index (Phi) is 6.13. The van der Waals surface area contributed by atoms with Gasteiger partial charge in [-0.2, -0.15) is 0 Å². The molecule has 62 valence electrons. The summed E-state index contributed by atoms with van der Waals surface area (Å²) in [5, 5.41) is 0. The minimum absolute atomic E-state index is 0.528. The first-order valence-corrected chi connectivity index (χ1v) is 3.34. The lowest BCUT2D eigenvalue weighted by Gasteiger charge is -1.95. The summed E-state index contributed by atoms with van der Waals surface area (Å²) in [5.74, 6) is 0.706. The fourth-order valence-corrected chi connectivity index (χ4v) is 0.528. The molecular weight excluding hydrogens is 140 g/mol. The van der Waals surface area contributed by atoms with Crippen LogP contribution in [0.4, 0.5) is 0 Å². The van der Waals surface area contributed by atoms with Crippen LogP contribution in [0.25, 0.3) is 0 Å². The summed E-state index contributed by atoms with van der Waals surface area (Å²) in [4.78, 5) is 0. The number of methoxy groups -OCH3 is 1. The monoisotopic (exact) mass is 154 g/mol. The average Bonchev–Trinajstić information content (AvgIpc) is 2.03. The lowest BCUT2D eigenvalue weighted by atomic mass is 10.4. The van der Waals surface area contributed by atoms with Crippen molar-refractivity contribution < 1.29 is 4.74 Å². The van der Waals surface area contributed by atoms with Gasteiger partial charge in [-0.1, -0.05) is 12.2 Å². The average molecular weight is 154 g/mol. The smallest absolute Gasteiger partial charge is 0.120 e. The molecule has 0 fully saturated rings. The van der Waals surface area contributed by atoms with Crippen molar-refractivity contribution in [2.75, 3.05) is 13.7 Å². The highest BCUT2D eigenvalue weighted by Crippen LogP contribution is 1.96. The summed E-state index contributed by atoms with van der Waals surface area (Å²) < 4.78 is 4.94. The molecule has 0 saturated carbocycles. The zero-order chi connectivity index (χ0) is 8.53. The van der Waals surface area contributed by atoms with Crippen LogP contribution < -0.4 is 11.5 Å². The van der Waals surface area contributed by atoms with Gasteiger partial charge >= 0.3 is 0 Å². The fraction of sp³-hybridized carbons (Fsp3) is 0.250. The predicted octanol–water partition coefficient (Wildman–Crippen LogP) is 0.504. The van der Waals surface area contributed by atoms with Crippen LogP contribution in [0, 0.1) is 0 Å². The lowest BCUT2D eigenvalue weighted by Crippen LogP contribution is -1.91. The molecule has 0 aromatic rings. The summed E-state index contributed by atoms with van der Waals surface area (Å²) >= 11 is 0. The molecule has 0 aliphatic heterocycles. The normalized spacial score (nSPS) is 13.1. The maximum Gasteiger partial charge on any atom is 0.120 e. The molecule has 0 spiro atoms. The van der Waals surface area contributed by atoms with E-state index in [1.807, 2.05) is 12.2 Å². The minimum atomic E-state index is 0.528. The molecule has 0 radical (unpaired) electrons. The number of ether oxygens (including phenoxy) is 1. The van der Waals surface area contributed by atoms with Crippen molar-refractivity contribution in [3.05, 3.63) is 36.3 Å². The Balaban J connectivity index is 4.00. The lowest BCUT2D eigenvalue weighted by molar-refractivity contribution is 0.307. The summed E-state index contributed by atoms with van der Waals surface area (Å²) in [6.07, 6.45) is 8.52. The van der Waals surface area contributed by atoms with Gasteiger partial charge in [-0.05, 0) is 18.4 Å². The first-order chi connectivity index (χ1) is 5.35. The quantitative estimate of drug-likeness (QED) is 0.458. The number of nitrogens with two attached hydrogens (primary N) is 2. The molecule has 0 aliphatic carbocycles. The Morgan fingerprint density at radius 2 is 2.27 bits per heavy atom. The molecule has 3 heteroatoms. The van der Waals surface area contributed by atoms with Crippen molar-refractivity contribution in [2.45, 2.75) is 0 Å². The maximum absolute atomic E-state index is 5.23. The molecule has 0 aromatic carbocycles. The van der Waals surface area contributed by atoms with Gasteiger partial charge in [0.05, 0.1) is 7.11 Å². The van der Waals surface area contributed by atoms with Gasteiger partial charge in [0.1, 0.15) is 5.76 Å². The third-order valence-corrected chi connectivity index (χ3v) is 1.03. The molecule has 4 N–H and O–H groups in total. The van der Waals surface area contributed by atoms with Gasteiger partial charge in [0.25, 0.3) is 0 Å². The predicted molar refractivity (Wildman–Crippen MR) is 46.6 cm³/mol. The Morgan fingerprint density at radius 1 is 1.55 bits per heavy atom. The second-order valence-corrected chi connectivity index (χ2v) is 1.80. The molecule has 0 unspecified atom stereocenters. The van der Waals surface area contributed by atoms with Crippen molar-refractivity contribution in [1.82, 2.24) is 0 Å². The summed E-state index contributed by atoms with van der Waals surface area (Å²) in [6, 6.07) is 0. The van der Waals surface area contributed by atoms with E-state index in [0.717, 1.165) is 0 Å². The van der Waals surface area contributed by atoms with Crippen molar-refractivity contribution in [1.29, 1.82) is 0 Å². The van der Waals surface area contributed by atoms with E-state index in [1.165, 1.54) is 6.20 Å². The second-order valence-electron chi connectivity index (χ2n) is 1.80.